The van der Waals surface area contributed by atoms with Gasteiger partial charge in [-0.2, -0.15) is 9.97 Å². The van der Waals surface area contributed by atoms with E-state index < -0.39 is 55.2 Å². The van der Waals surface area contributed by atoms with Gasteiger partial charge in [0.25, 0.3) is 5.92 Å². The van der Waals surface area contributed by atoms with Crippen LogP contribution in [0.1, 0.15) is 79.2 Å². The first-order valence-corrected chi connectivity index (χ1v) is 23.0. The van der Waals surface area contributed by atoms with E-state index in [1.807, 2.05) is 4.90 Å². The van der Waals surface area contributed by atoms with Gasteiger partial charge in [-0.1, -0.05) is 53.5 Å². The van der Waals surface area contributed by atoms with Crippen molar-refractivity contribution in [2.45, 2.75) is 114 Å². The molecular weight excluding hydrogens is 770 g/mol. The molecule has 5 aliphatic rings. The molecule has 2 aromatic carbocycles. The molecule has 0 spiro atoms. The zero-order valence-electron chi connectivity index (χ0n) is 33.8. The van der Waals surface area contributed by atoms with Gasteiger partial charge in [-0.3, -0.25) is 4.90 Å². The third-order valence-electron chi connectivity index (χ3n) is 14.2. The molecule has 2 unspecified atom stereocenters. The Morgan fingerprint density at radius 3 is 2.50 bits per heavy atom. The van der Waals surface area contributed by atoms with E-state index in [1.54, 1.807) is 0 Å². The molecule has 0 radical (unpaired) electrons. The van der Waals surface area contributed by atoms with Crippen molar-refractivity contribution in [3.8, 4) is 40.4 Å². The molecule has 308 valence electrons. The van der Waals surface area contributed by atoms with Crippen LogP contribution in [0.25, 0.3) is 32.9 Å². The van der Waals surface area contributed by atoms with Gasteiger partial charge < -0.3 is 19.5 Å². The van der Waals surface area contributed by atoms with Crippen molar-refractivity contribution in [1.29, 1.82) is 0 Å². The molecule has 1 saturated carbocycles. The van der Waals surface area contributed by atoms with Crippen LogP contribution in [-0.2, 0) is 0 Å². The van der Waals surface area contributed by atoms with Crippen LogP contribution in [0, 0.1) is 34.9 Å². The fraction of sp³-hybridized carbons (Fsp3) is 0.568. The molecule has 2 aromatic heterocycles. The number of aromatic nitrogens is 3. The molecular formula is C44H50F5N5O3Si. The van der Waals surface area contributed by atoms with Crippen molar-refractivity contribution in [3.63, 3.8) is 0 Å². The lowest BCUT2D eigenvalue weighted by atomic mass is 9.95. The number of nitrogens with zero attached hydrogens (tertiary/aromatic N) is 5. The van der Waals surface area contributed by atoms with Gasteiger partial charge in [0, 0.05) is 42.3 Å². The predicted octanol–water partition coefficient (Wildman–Crippen LogP) is 9.60. The van der Waals surface area contributed by atoms with Gasteiger partial charge >= 0.3 is 6.01 Å². The normalized spacial score (nSPS) is 26.3. The van der Waals surface area contributed by atoms with Crippen LogP contribution in [0.2, 0.25) is 16.6 Å². The average molecular weight is 820 g/mol. The summed E-state index contributed by atoms with van der Waals surface area (Å²) in [4.78, 5) is 18.2. The van der Waals surface area contributed by atoms with E-state index in [-0.39, 0.29) is 106 Å². The molecule has 4 fully saturated rings. The van der Waals surface area contributed by atoms with Crippen molar-refractivity contribution >= 4 is 35.6 Å². The van der Waals surface area contributed by atoms with Crippen LogP contribution in [-0.4, -0.2) is 89.6 Å². The number of alkyl halides is 3. The third-order valence-corrected chi connectivity index (χ3v) is 20.5. The highest BCUT2D eigenvalue weighted by Gasteiger charge is 2.68. The Kier molecular flexibility index (Phi) is 9.43. The van der Waals surface area contributed by atoms with Gasteiger partial charge in [0.05, 0.1) is 17.1 Å². The van der Waals surface area contributed by atoms with E-state index in [4.69, 9.17) is 19.4 Å². The molecule has 1 aliphatic carbocycles. The summed E-state index contributed by atoms with van der Waals surface area (Å²) in [5.41, 5.74) is 3.59. The van der Waals surface area contributed by atoms with Gasteiger partial charge in [0.1, 0.15) is 61.4 Å². The highest BCUT2D eigenvalue weighted by Crippen LogP contribution is 2.61. The van der Waals surface area contributed by atoms with Gasteiger partial charge in [-0.15, -0.1) is 5.54 Å². The number of hydrogen-bond donors (Lipinski definition) is 1. The second kappa shape index (κ2) is 13.9. The lowest BCUT2D eigenvalue weighted by molar-refractivity contribution is 0.0765. The quantitative estimate of drug-likeness (QED) is 0.112. The molecule has 8 nitrogen and oxygen atoms in total. The second-order valence-corrected chi connectivity index (χ2v) is 23.8. The van der Waals surface area contributed by atoms with E-state index in [0.29, 0.717) is 18.4 Å². The molecule has 14 heteroatoms. The molecule has 3 saturated heterocycles. The van der Waals surface area contributed by atoms with E-state index in [0.717, 1.165) is 19.4 Å². The second-order valence-electron chi connectivity index (χ2n) is 18.2. The van der Waals surface area contributed by atoms with E-state index in [2.05, 4.69) is 62.9 Å². The standard InChI is InChI=1S/C44H50F5N5O3Si/c1-23(2)58(24(3)4,25(5)6)15-11-30-34(46)9-8-26-16-29(55)18-31(35(26)30)38-37(47)39-36-40(52-42(51-39)57-22-43-12-7-13-53(43)20-27(45)19-43)54-14-10-32-33(44(32,48)49)17-28(54)21-56-41(36)50-38/h8-9,16,18,23-25,27-28,32-33,55H,7,10,12-14,17,19-22H2,1-6H3/t27-,28+,32?,33?,43+/m1/s1. The van der Waals surface area contributed by atoms with E-state index in [9.17, 15) is 18.3 Å². The van der Waals surface area contributed by atoms with Gasteiger partial charge in [0.15, 0.2) is 5.82 Å². The first-order valence-electron chi connectivity index (χ1n) is 20.7. The van der Waals surface area contributed by atoms with Crippen LogP contribution in [0.3, 0.4) is 0 Å². The van der Waals surface area contributed by atoms with Crippen molar-refractivity contribution in [2.75, 3.05) is 37.7 Å². The number of benzene rings is 2. The van der Waals surface area contributed by atoms with Crippen LogP contribution < -0.4 is 14.4 Å². The Balaban J connectivity index is 1.23. The molecule has 1 N–H and O–H groups in total. The number of halogens is 5. The van der Waals surface area contributed by atoms with Crippen LogP contribution in [0.4, 0.5) is 27.8 Å². The first kappa shape index (κ1) is 39.2. The monoisotopic (exact) mass is 819 g/mol. The lowest BCUT2D eigenvalue weighted by Gasteiger charge is -2.38. The fourth-order valence-corrected chi connectivity index (χ4v) is 16.5. The number of anilines is 1. The van der Waals surface area contributed by atoms with Crippen molar-refractivity contribution in [3.05, 3.63) is 41.5 Å². The van der Waals surface area contributed by atoms with E-state index >= 15 is 8.78 Å². The van der Waals surface area contributed by atoms with Crippen LogP contribution >= 0.6 is 0 Å². The number of phenols is 1. The number of pyridine rings is 1. The highest BCUT2D eigenvalue weighted by molar-refractivity contribution is 6.90. The van der Waals surface area contributed by atoms with Crippen LogP contribution in [0.15, 0.2) is 24.3 Å². The zero-order chi connectivity index (χ0) is 41.1. The number of phenolic OH excluding ortho intramolecular Hbond substituents is 1. The summed E-state index contributed by atoms with van der Waals surface area (Å²) in [6.45, 7) is 14.4. The molecule has 58 heavy (non-hydrogen) atoms. The molecule has 0 amide bonds. The summed E-state index contributed by atoms with van der Waals surface area (Å²) in [6, 6.07) is 4.99. The Morgan fingerprint density at radius 2 is 1.76 bits per heavy atom. The largest absolute Gasteiger partial charge is 0.508 e. The number of ether oxygens (including phenoxy) is 2. The summed E-state index contributed by atoms with van der Waals surface area (Å²) in [7, 11) is -2.35. The highest BCUT2D eigenvalue weighted by atomic mass is 28.3. The maximum atomic E-state index is 17.6. The Labute approximate surface area is 336 Å². The Hall–Kier alpha value is -4.22. The third kappa shape index (κ3) is 6.03. The van der Waals surface area contributed by atoms with Gasteiger partial charge in [-0.25, -0.2) is 26.9 Å². The summed E-state index contributed by atoms with van der Waals surface area (Å²) in [5.74, 6) is -2.47. The number of aromatic hydroxyl groups is 1. The summed E-state index contributed by atoms with van der Waals surface area (Å²) in [5, 5.41) is 11.9. The van der Waals surface area contributed by atoms with E-state index in [1.165, 1.54) is 24.3 Å². The smallest absolute Gasteiger partial charge is 0.319 e. The summed E-state index contributed by atoms with van der Waals surface area (Å²) < 4.78 is 90.7. The number of hydrogen-bond acceptors (Lipinski definition) is 8. The molecule has 4 aliphatic heterocycles. The topological polar surface area (TPSA) is 83.8 Å². The Bertz CT molecular complexity index is 2360. The van der Waals surface area contributed by atoms with Crippen LogP contribution in [0.5, 0.6) is 17.6 Å². The van der Waals surface area contributed by atoms with Crippen molar-refractivity contribution in [2.24, 2.45) is 11.8 Å². The molecule has 6 heterocycles. The SMILES string of the molecule is CC(C)[Si](C#Cc1c(F)ccc2cc(O)cc(-c3nc4c5c(nc(OC[C@@]67CCCN6C[C@H](F)C7)nc5c3F)N3CCC5C(C[C@H]3CO4)C5(F)F)c12)(C(C)C)C(C)C. The lowest BCUT2D eigenvalue weighted by Crippen LogP contribution is -2.43. The first-order chi connectivity index (χ1) is 27.6. The number of fused-ring (bicyclic) bond motifs is 5. The van der Waals surface area contributed by atoms with Crippen molar-refractivity contribution < 1.29 is 36.5 Å². The molecule has 9 rings (SSSR count). The summed E-state index contributed by atoms with van der Waals surface area (Å²) in [6.07, 6.45) is 1.31. The minimum absolute atomic E-state index is 0.0110. The number of rotatable bonds is 7. The molecule has 0 bridgehead atoms. The van der Waals surface area contributed by atoms with Gasteiger partial charge in [-0.05, 0) is 72.4 Å². The molecule has 4 aromatic rings. The Morgan fingerprint density at radius 1 is 1.00 bits per heavy atom. The minimum atomic E-state index is -2.76. The van der Waals surface area contributed by atoms with Gasteiger partial charge in [0.2, 0.25) is 5.88 Å². The van der Waals surface area contributed by atoms with Crippen molar-refractivity contribution in [1.82, 2.24) is 19.9 Å². The predicted molar refractivity (Wildman–Crippen MR) is 216 cm³/mol. The molecule has 5 atom stereocenters. The maximum absolute atomic E-state index is 17.6. The maximum Gasteiger partial charge on any atom is 0.319 e. The average Bonchev–Trinajstić information content (AvgIpc) is 3.41. The fourth-order valence-electron chi connectivity index (χ4n) is 11.3. The zero-order valence-corrected chi connectivity index (χ0v) is 34.8. The minimum Gasteiger partial charge on any atom is -0.508 e. The summed E-state index contributed by atoms with van der Waals surface area (Å²) >= 11 is 0.